The Kier molecular flexibility index (Phi) is 3.47. The van der Waals surface area contributed by atoms with Crippen LogP contribution in [0.15, 0.2) is 36.4 Å². The number of rotatable bonds is 3. The zero-order valence-electron chi connectivity index (χ0n) is 11.9. The maximum atomic E-state index is 6.32. The van der Waals surface area contributed by atoms with E-state index in [-0.39, 0.29) is 0 Å². The molecule has 0 saturated heterocycles. The van der Waals surface area contributed by atoms with Gasteiger partial charge in [-0.3, -0.25) is 0 Å². The highest BCUT2D eigenvalue weighted by Gasteiger charge is 2.14. The predicted molar refractivity (Wildman–Crippen MR) is 86.8 cm³/mol. The number of nitrogen functional groups attached to an aromatic ring is 1. The highest BCUT2D eigenvalue weighted by molar-refractivity contribution is 6.33. The van der Waals surface area contributed by atoms with Crippen LogP contribution in [0.1, 0.15) is 6.92 Å². The molecule has 0 unspecified atom stereocenters. The van der Waals surface area contributed by atoms with Gasteiger partial charge in [-0.1, -0.05) is 11.6 Å². The minimum Gasteiger partial charge on any atom is -0.497 e. The Bertz CT molecular complexity index is 811. The van der Waals surface area contributed by atoms with Gasteiger partial charge in [0.2, 0.25) is 0 Å². The molecule has 0 aliphatic rings. The van der Waals surface area contributed by atoms with Crippen molar-refractivity contribution >= 4 is 28.3 Å². The Balaban J connectivity index is 2.26. The number of hydrogen-bond donors (Lipinski definition) is 1. The molecule has 0 atom stereocenters. The van der Waals surface area contributed by atoms with E-state index in [9.17, 15) is 0 Å². The molecule has 0 bridgehead atoms. The third kappa shape index (κ3) is 2.32. The first-order valence-electron chi connectivity index (χ1n) is 6.73. The molecule has 2 N–H and O–H groups in total. The first-order chi connectivity index (χ1) is 10.1. The van der Waals surface area contributed by atoms with Crippen LogP contribution >= 0.6 is 11.6 Å². The Morgan fingerprint density at radius 3 is 2.71 bits per heavy atom. The zero-order chi connectivity index (χ0) is 15.0. The van der Waals surface area contributed by atoms with Crippen molar-refractivity contribution in [1.29, 1.82) is 0 Å². The zero-order valence-corrected chi connectivity index (χ0v) is 12.7. The van der Waals surface area contributed by atoms with E-state index >= 15 is 0 Å². The van der Waals surface area contributed by atoms with Crippen molar-refractivity contribution in [2.24, 2.45) is 0 Å². The molecule has 1 heterocycles. The van der Waals surface area contributed by atoms with E-state index in [4.69, 9.17) is 27.1 Å². The lowest BCUT2D eigenvalue weighted by Crippen LogP contribution is -1.98. The number of ether oxygens (including phenoxy) is 1. The molecule has 0 saturated carbocycles. The third-order valence-electron chi connectivity index (χ3n) is 3.51. The summed E-state index contributed by atoms with van der Waals surface area (Å²) < 4.78 is 7.39. The van der Waals surface area contributed by atoms with E-state index in [2.05, 4.69) is 11.5 Å². The van der Waals surface area contributed by atoms with Gasteiger partial charge >= 0.3 is 0 Å². The summed E-state index contributed by atoms with van der Waals surface area (Å²) in [5.41, 5.74) is 9.23. The summed E-state index contributed by atoms with van der Waals surface area (Å²) in [6.45, 7) is 2.89. The molecular weight excluding hydrogens is 286 g/mol. The van der Waals surface area contributed by atoms with Crippen LogP contribution in [0.25, 0.3) is 22.4 Å². The van der Waals surface area contributed by atoms with Crippen LogP contribution in [0.3, 0.4) is 0 Å². The van der Waals surface area contributed by atoms with Gasteiger partial charge in [0.05, 0.1) is 23.2 Å². The van der Waals surface area contributed by atoms with E-state index in [0.29, 0.717) is 10.7 Å². The standard InChI is InChI=1S/C16H16ClN3O/c1-3-20-15-7-5-11(21-2)9-14(15)19-16(20)12-6-4-10(18)8-13(12)17/h4-9H,3,18H2,1-2H3. The highest BCUT2D eigenvalue weighted by atomic mass is 35.5. The van der Waals surface area contributed by atoms with Gasteiger partial charge in [-0.2, -0.15) is 0 Å². The maximum Gasteiger partial charge on any atom is 0.142 e. The van der Waals surface area contributed by atoms with E-state index < -0.39 is 0 Å². The van der Waals surface area contributed by atoms with Gasteiger partial charge in [0.25, 0.3) is 0 Å². The molecule has 0 aliphatic heterocycles. The first-order valence-corrected chi connectivity index (χ1v) is 7.11. The summed E-state index contributed by atoms with van der Waals surface area (Å²) >= 11 is 6.32. The molecule has 0 radical (unpaired) electrons. The molecule has 4 nitrogen and oxygen atoms in total. The fourth-order valence-electron chi connectivity index (χ4n) is 2.47. The average molecular weight is 302 g/mol. The first kappa shape index (κ1) is 13.8. The summed E-state index contributed by atoms with van der Waals surface area (Å²) in [4.78, 5) is 4.71. The second kappa shape index (κ2) is 5.30. The van der Waals surface area contributed by atoms with Crippen molar-refractivity contribution in [1.82, 2.24) is 9.55 Å². The number of aromatic nitrogens is 2. The Morgan fingerprint density at radius 1 is 1.24 bits per heavy atom. The minimum atomic E-state index is 0.604. The number of methoxy groups -OCH3 is 1. The third-order valence-corrected chi connectivity index (χ3v) is 3.82. The number of fused-ring (bicyclic) bond motifs is 1. The Hall–Kier alpha value is -2.20. The Morgan fingerprint density at radius 2 is 2.05 bits per heavy atom. The number of anilines is 1. The van der Waals surface area contributed by atoms with Gasteiger partial charge in [-0.25, -0.2) is 4.98 Å². The quantitative estimate of drug-likeness (QED) is 0.745. The minimum absolute atomic E-state index is 0.604. The second-order valence-electron chi connectivity index (χ2n) is 4.77. The topological polar surface area (TPSA) is 53.1 Å². The van der Waals surface area contributed by atoms with Crippen LogP contribution in [-0.4, -0.2) is 16.7 Å². The number of nitrogens with two attached hydrogens (primary N) is 1. The number of nitrogens with zero attached hydrogens (tertiary/aromatic N) is 2. The van der Waals surface area contributed by atoms with Gasteiger partial charge in [0.1, 0.15) is 11.6 Å². The fourth-order valence-corrected chi connectivity index (χ4v) is 2.75. The van der Waals surface area contributed by atoms with Crippen molar-refractivity contribution in [3.05, 3.63) is 41.4 Å². The van der Waals surface area contributed by atoms with Gasteiger partial charge < -0.3 is 15.0 Å². The van der Waals surface area contributed by atoms with Crippen molar-refractivity contribution < 1.29 is 4.74 Å². The lowest BCUT2D eigenvalue weighted by Gasteiger charge is -2.08. The summed E-state index contributed by atoms with van der Waals surface area (Å²) in [6.07, 6.45) is 0. The number of aryl methyl sites for hydroxylation is 1. The predicted octanol–water partition coefficient (Wildman–Crippen LogP) is 3.97. The maximum absolute atomic E-state index is 6.32. The van der Waals surface area contributed by atoms with Gasteiger partial charge in [-0.05, 0) is 37.3 Å². The van der Waals surface area contributed by atoms with Crippen molar-refractivity contribution in [3.8, 4) is 17.1 Å². The normalized spacial score (nSPS) is 11.0. The fraction of sp³-hybridized carbons (Fsp3) is 0.188. The molecule has 3 aromatic rings. The molecule has 1 aromatic heterocycles. The van der Waals surface area contributed by atoms with Gasteiger partial charge in [0, 0.05) is 23.9 Å². The molecule has 0 spiro atoms. The van der Waals surface area contributed by atoms with Crippen LogP contribution in [0.4, 0.5) is 5.69 Å². The van der Waals surface area contributed by atoms with Crippen molar-refractivity contribution in [2.45, 2.75) is 13.5 Å². The molecule has 0 amide bonds. The van der Waals surface area contributed by atoms with Crippen LogP contribution in [-0.2, 0) is 6.54 Å². The van der Waals surface area contributed by atoms with Crippen molar-refractivity contribution in [2.75, 3.05) is 12.8 Å². The summed E-state index contributed by atoms with van der Waals surface area (Å²) in [5.74, 6) is 1.63. The SMILES string of the molecule is CCn1c(-c2ccc(N)cc2Cl)nc2cc(OC)ccc21. The molecule has 2 aromatic carbocycles. The molecule has 0 aliphatic carbocycles. The summed E-state index contributed by atoms with van der Waals surface area (Å²) in [7, 11) is 1.65. The highest BCUT2D eigenvalue weighted by Crippen LogP contribution is 2.32. The smallest absolute Gasteiger partial charge is 0.142 e. The lowest BCUT2D eigenvalue weighted by molar-refractivity contribution is 0.415. The number of imidazole rings is 1. The monoisotopic (exact) mass is 301 g/mol. The molecular formula is C16H16ClN3O. The van der Waals surface area contributed by atoms with E-state index in [1.807, 2.05) is 30.3 Å². The van der Waals surface area contributed by atoms with Gasteiger partial charge in [0.15, 0.2) is 0 Å². The van der Waals surface area contributed by atoms with Gasteiger partial charge in [-0.15, -0.1) is 0 Å². The summed E-state index contributed by atoms with van der Waals surface area (Å²) in [5, 5.41) is 0.604. The lowest BCUT2D eigenvalue weighted by atomic mass is 10.2. The largest absolute Gasteiger partial charge is 0.497 e. The van der Waals surface area contributed by atoms with Crippen LogP contribution in [0.2, 0.25) is 5.02 Å². The summed E-state index contributed by atoms with van der Waals surface area (Å²) in [6, 6.07) is 11.4. The van der Waals surface area contributed by atoms with E-state index in [1.165, 1.54) is 0 Å². The van der Waals surface area contributed by atoms with Crippen LogP contribution in [0, 0.1) is 0 Å². The average Bonchev–Trinajstić information content (AvgIpc) is 2.84. The molecule has 0 fully saturated rings. The van der Waals surface area contributed by atoms with Crippen LogP contribution < -0.4 is 10.5 Å². The van der Waals surface area contributed by atoms with E-state index in [0.717, 1.165) is 34.7 Å². The molecule has 108 valence electrons. The van der Waals surface area contributed by atoms with Crippen molar-refractivity contribution in [3.63, 3.8) is 0 Å². The molecule has 3 rings (SSSR count). The number of halogens is 1. The number of benzene rings is 2. The second-order valence-corrected chi connectivity index (χ2v) is 5.18. The van der Waals surface area contributed by atoms with E-state index in [1.54, 1.807) is 13.2 Å². The molecule has 21 heavy (non-hydrogen) atoms. The molecule has 5 heteroatoms. The van der Waals surface area contributed by atoms with Crippen LogP contribution in [0.5, 0.6) is 5.75 Å². The Labute approximate surface area is 128 Å². The number of hydrogen-bond acceptors (Lipinski definition) is 3.